The second kappa shape index (κ2) is 3.37. The van der Waals surface area contributed by atoms with Crippen molar-refractivity contribution < 1.29 is 8.42 Å². The van der Waals surface area contributed by atoms with Gasteiger partial charge in [0.1, 0.15) is 0 Å². The minimum absolute atomic E-state index is 0.232. The Morgan fingerprint density at radius 2 is 2.15 bits per heavy atom. The van der Waals surface area contributed by atoms with Crippen molar-refractivity contribution in [1.82, 2.24) is 9.78 Å². The van der Waals surface area contributed by atoms with Crippen molar-refractivity contribution in [3.8, 4) is 0 Å². The van der Waals surface area contributed by atoms with E-state index in [9.17, 15) is 8.42 Å². The molecule has 74 valence electrons. The van der Waals surface area contributed by atoms with E-state index in [1.807, 2.05) is 13.8 Å². The molecule has 0 saturated heterocycles. The zero-order valence-corrected chi connectivity index (χ0v) is 8.67. The summed E-state index contributed by atoms with van der Waals surface area (Å²) in [5, 5.41) is 3.99. The first kappa shape index (κ1) is 10.0. The van der Waals surface area contributed by atoms with Crippen LogP contribution in [-0.2, 0) is 10.0 Å². The van der Waals surface area contributed by atoms with Crippen LogP contribution in [0.5, 0.6) is 0 Å². The third kappa shape index (κ3) is 3.06. The van der Waals surface area contributed by atoms with Crippen LogP contribution in [0.25, 0.3) is 0 Å². The molecule has 1 rings (SSSR count). The maximum atomic E-state index is 10.8. The van der Waals surface area contributed by atoms with Crippen LogP contribution in [0.4, 0.5) is 5.69 Å². The highest BCUT2D eigenvalue weighted by Crippen LogP contribution is 2.10. The van der Waals surface area contributed by atoms with Gasteiger partial charge in [0.2, 0.25) is 10.0 Å². The van der Waals surface area contributed by atoms with E-state index < -0.39 is 10.0 Å². The first-order valence-corrected chi connectivity index (χ1v) is 5.79. The molecule has 0 aliphatic carbocycles. The number of rotatable bonds is 3. The molecule has 0 spiro atoms. The van der Waals surface area contributed by atoms with Crippen molar-refractivity contribution in [1.29, 1.82) is 0 Å². The predicted molar refractivity (Wildman–Crippen MR) is 51.1 cm³/mol. The molecule has 0 aromatic carbocycles. The van der Waals surface area contributed by atoms with Crippen LogP contribution in [0.2, 0.25) is 0 Å². The van der Waals surface area contributed by atoms with Gasteiger partial charge in [-0.1, -0.05) is 0 Å². The predicted octanol–water partition coefficient (Wildman–Crippen LogP) is 0.835. The fourth-order valence-electron chi connectivity index (χ4n) is 0.887. The zero-order valence-electron chi connectivity index (χ0n) is 7.85. The summed E-state index contributed by atoms with van der Waals surface area (Å²) in [4.78, 5) is 0. The molecule has 0 bridgehead atoms. The van der Waals surface area contributed by atoms with Gasteiger partial charge in [-0.15, -0.1) is 0 Å². The van der Waals surface area contributed by atoms with Gasteiger partial charge in [0.05, 0.1) is 18.1 Å². The molecule has 1 aromatic heterocycles. The van der Waals surface area contributed by atoms with Crippen molar-refractivity contribution in [3.05, 3.63) is 12.4 Å². The Bertz CT molecular complexity index is 380. The van der Waals surface area contributed by atoms with E-state index in [4.69, 9.17) is 0 Å². The summed E-state index contributed by atoms with van der Waals surface area (Å²) < 4.78 is 25.7. The maximum Gasteiger partial charge on any atom is 0.229 e. The summed E-state index contributed by atoms with van der Waals surface area (Å²) in [6, 6.07) is 0.232. The minimum Gasteiger partial charge on any atom is -0.281 e. The van der Waals surface area contributed by atoms with Crippen LogP contribution >= 0.6 is 0 Å². The van der Waals surface area contributed by atoms with Crippen LogP contribution in [0.15, 0.2) is 12.4 Å². The minimum atomic E-state index is -3.19. The number of aromatic nitrogens is 2. The van der Waals surface area contributed by atoms with Gasteiger partial charge < -0.3 is 0 Å². The fraction of sp³-hybridized carbons (Fsp3) is 0.571. The Hall–Kier alpha value is -1.04. The largest absolute Gasteiger partial charge is 0.281 e. The van der Waals surface area contributed by atoms with Crippen molar-refractivity contribution in [3.63, 3.8) is 0 Å². The summed E-state index contributed by atoms with van der Waals surface area (Å²) in [6.45, 7) is 3.94. The van der Waals surface area contributed by atoms with Gasteiger partial charge in [-0.25, -0.2) is 8.42 Å². The summed E-state index contributed by atoms with van der Waals surface area (Å²) in [5.74, 6) is 0. The van der Waals surface area contributed by atoms with E-state index in [2.05, 4.69) is 9.82 Å². The number of sulfonamides is 1. The van der Waals surface area contributed by atoms with Gasteiger partial charge in [0.25, 0.3) is 0 Å². The molecule has 13 heavy (non-hydrogen) atoms. The number of hydrogen-bond acceptors (Lipinski definition) is 3. The topological polar surface area (TPSA) is 64.0 Å². The summed E-state index contributed by atoms with van der Waals surface area (Å²) in [7, 11) is -3.19. The van der Waals surface area contributed by atoms with Crippen molar-refractivity contribution in [2.45, 2.75) is 19.9 Å². The third-order valence-electron chi connectivity index (χ3n) is 1.43. The van der Waals surface area contributed by atoms with E-state index in [0.29, 0.717) is 5.69 Å². The standard InChI is InChI=1S/C7H13N3O2S/c1-6(2)10-5-7(4-8-10)9-13(3,11)12/h4-6,9H,1-3H3. The first-order chi connectivity index (χ1) is 5.88. The zero-order chi connectivity index (χ0) is 10.1. The van der Waals surface area contributed by atoms with E-state index in [1.54, 1.807) is 10.9 Å². The highest BCUT2D eigenvalue weighted by atomic mass is 32.2. The molecule has 1 aromatic rings. The third-order valence-corrected chi connectivity index (χ3v) is 2.04. The van der Waals surface area contributed by atoms with E-state index in [0.717, 1.165) is 6.26 Å². The van der Waals surface area contributed by atoms with E-state index in [1.165, 1.54) is 6.20 Å². The van der Waals surface area contributed by atoms with Crippen LogP contribution in [0.3, 0.4) is 0 Å². The van der Waals surface area contributed by atoms with Crippen LogP contribution in [0, 0.1) is 0 Å². The molecule has 1 heterocycles. The summed E-state index contributed by atoms with van der Waals surface area (Å²) >= 11 is 0. The Labute approximate surface area is 77.8 Å². The molecule has 0 radical (unpaired) electrons. The van der Waals surface area contributed by atoms with Crippen LogP contribution < -0.4 is 4.72 Å². The molecule has 0 unspecified atom stereocenters. The molecule has 5 nitrogen and oxygen atoms in total. The smallest absolute Gasteiger partial charge is 0.229 e. The second-order valence-electron chi connectivity index (χ2n) is 3.18. The van der Waals surface area contributed by atoms with Gasteiger partial charge in [0.15, 0.2) is 0 Å². The van der Waals surface area contributed by atoms with Gasteiger partial charge >= 0.3 is 0 Å². The lowest BCUT2D eigenvalue weighted by atomic mass is 10.4. The quantitative estimate of drug-likeness (QED) is 0.791. The van der Waals surface area contributed by atoms with Crippen molar-refractivity contribution >= 4 is 15.7 Å². The normalized spacial score (nSPS) is 12.0. The van der Waals surface area contributed by atoms with Gasteiger partial charge in [-0.05, 0) is 13.8 Å². The highest BCUT2D eigenvalue weighted by Gasteiger charge is 2.05. The van der Waals surface area contributed by atoms with E-state index >= 15 is 0 Å². The summed E-state index contributed by atoms with van der Waals surface area (Å²) in [6.07, 6.45) is 4.26. The molecule has 0 fully saturated rings. The SMILES string of the molecule is CC(C)n1cc(NS(C)(=O)=O)cn1. The lowest BCUT2D eigenvalue weighted by molar-refractivity contribution is 0.532. The average molecular weight is 203 g/mol. The molecule has 0 saturated carbocycles. The lowest BCUT2D eigenvalue weighted by Crippen LogP contribution is -2.08. The number of anilines is 1. The molecule has 6 heteroatoms. The number of nitrogens with zero attached hydrogens (tertiary/aromatic N) is 2. The first-order valence-electron chi connectivity index (χ1n) is 3.90. The van der Waals surface area contributed by atoms with Gasteiger partial charge in [0, 0.05) is 12.2 Å². The molecule has 0 aliphatic heterocycles. The highest BCUT2D eigenvalue weighted by molar-refractivity contribution is 7.92. The van der Waals surface area contributed by atoms with Gasteiger partial charge in [-0.2, -0.15) is 5.10 Å². The number of nitrogens with one attached hydrogen (secondary N) is 1. The van der Waals surface area contributed by atoms with E-state index in [-0.39, 0.29) is 6.04 Å². The Morgan fingerprint density at radius 3 is 2.54 bits per heavy atom. The molecular weight excluding hydrogens is 190 g/mol. The van der Waals surface area contributed by atoms with Crippen LogP contribution in [0.1, 0.15) is 19.9 Å². The Balaban J connectivity index is 2.81. The fourth-order valence-corrected chi connectivity index (χ4v) is 1.42. The van der Waals surface area contributed by atoms with Crippen molar-refractivity contribution in [2.24, 2.45) is 0 Å². The molecule has 0 atom stereocenters. The molecule has 0 aliphatic rings. The maximum absolute atomic E-state index is 10.8. The second-order valence-corrected chi connectivity index (χ2v) is 4.93. The molecular formula is C7H13N3O2S. The lowest BCUT2D eigenvalue weighted by Gasteiger charge is -2.03. The van der Waals surface area contributed by atoms with Gasteiger partial charge in [-0.3, -0.25) is 9.40 Å². The Kier molecular flexibility index (Phi) is 2.60. The van der Waals surface area contributed by atoms with Crippen molar-refractivity contribution in [2.75, 3.05) is 11.0 Å². The molecule has 0 amide bonds. The monoisotopic (exact) mass is 203 g/mol. The molecule has 1 N–H and O–H groups in total. The average Bonchev–Trinajstić information content (AvgIpc) is 2.31. The number of hydrogen-bond donors (Lipinski definition) is 1. The Morgan fingerprint density at radius 1 is 1.54 bits per heavy atom. The summed E-state index contributed by atoms with van der Waals surface area (Å²) in [5.41, 5.74) is 0.496. The van der Waals surface area contributed by atoms with Crippen LogP contribution in [-0.4, -0.2) is 24.5 Å².